The first-order valence-corrected chi connectivity index (χ1v) is 11.8. The zero-order chi connectivity index (χ0) is 21.2. The van der Waals surface area contributed by atoms with Gasteiger partial charge in [-0.2, -0.15) is 9.61 Å². The Kier molecular flexibility index (Phi) is 5.69. The second kappa shape index (κ2) is 8.76. The van der Waals surface area contributed by atoms with Gasteiger partial charge in [-0.05, 0) is 43.8 Å². The van der Waals surface area contributed by atoms with Crippen LogP contribution in [-0.2, 0) is 6.54 Å². The van der Waals surface area contributed by atoms with Gasteiger partial charge in [0.15, 0.2) is 5.65 Å². The third-order valence-electron chi connectivity index (χ3n) is 5.81. The number of nitrogens with zero attached hydrogens (tertiary/aromatic N) is 5. The van der Waals surface area contributed by atoms with Crippen LogP contribution in [0.15, 0.2) is 30.7 Å². The van der Waals surface area contributed by atoms with Crippen LogP contribution in [0.3, 0.4) is 0 Å². The first-order chi connectivity index (χ1) is 15.2. The number of hydrogen-bond donors (Lipinski definition) is 3. The van der Waals surface area contributed by atoms with Crippen LogP contribution in [0.4, 0.5) is 11.6 Å². The summed E-state index contributed by atoms with van der Waals surface area (Å²) in [4.78, 5) is 13.8. The van der Waals surface area contributed by atoms with Crippen LogP contribution in [0.2, 0.25) is 0 Å². The quantitative estimate of drug-likeness (QED) is 0.405. The van der Waals surface area contributed by atoms with Gasteiger partial charge in [0.25, 0.3) is 0 Å². The molecule has 0 saturated carbocycles. The number of piperidine rings is 1. The molecule has 4 aromatic heterocycles. The van der Waals surface area contributed by atoms with E-state index in [1.807, 2.05) is 29.2 Å². The van der Waals surface area contributed by atoms with E-state index in [1.165, 1.54) is 12.8 Å². The molecule has 0 aromatic carbocycles. The first-order valence-electron chi connectivity index (χ1n) is 10.9. The summed E-state index contributed by atoms with van der Waals surface area (Å²) in [7, 11) is 0. The molecule has 0 amide bonds. The van der Waals surface area contributed by atoms with E-state index in [1.54, 1.807) is 11.3 Å². The van der Waals surface area contributed by atoms with Gasteiger partial charge >= 0.3 is 0 Å². The number of nitrogens with one attached hydrogen (secondary N) is 3. The Balaban J connectivity index is 1.40. The van der Waals surface area contributed by atoms with Gasteiger partial charge in [0.1, 0.15) is 16.6 Å². The van der Waals surface area contributed by atoms with E-state index in [4.69, 9.17) is 4.98 Å². The fourth-order valence-electron chi connectivity index (χ4n) is 4.01. The molecule has 162 valence electrons. The van der Waals surface area contributed by atoms with Crippen LogP contribution in [0.25, 0.3) is 15.9 Å². The second-order valence-corrected chi connectivity index (χ2v) is 9.51. The minimum absolute atomic E-state index is 0.356. The molecule has 1 aliphatic rings. The molecule has 0 aliphatic carbocycles. The van der Waals surface area contributed by atoms with Crippen molar-refractivity contribution >= 4 is 38.8 Å². The van der Waals surface area contributed by atoms with Crippen molar-refractivity contribution in [1.29, 1.82) is 0 Å². The van der Waals surface area contributed by atoms with E-state index in [9.17, 15) is 0 Å². The molecule has 31 heavy (non-hydrogen) atoms. The van der Waals surface area contributed by atoms with Crippen LogP contribution in [0.1, 0.15) is 43.2 Å². The van der Waals surface area contributed by atoms with Crippen molar-refractivity contribution < 1.29 is 0 Å². The van der Waals surface area contributed by atoms with E-state index in [0.29, 0.717) is 18.4 Å². The zero-order valence-electron chi connectivity index (χ0n) is 17.9. The Labute approximate surface area is 185 Å². The molecule has 0 radical (unpaired) electrons. The highest BCUT2D eigenvalue weighted by molar-refractivity contribution is 7.18. The fraction of sp³-hybridized carbons (Fsp3) is 0.455. The van der Waals surface area contributed by atoms with Gasteiger partial charge in [-0.1, -0.05) is 13.8 Å². The molecule has 1 aliphatic heterocycles. The SMILES string of the molecule is CC(C)c1cnn2c(NCc3nc4cnccc4s3)cc(NCC3CCNCC3)nc12. The number of aromatic nitrogens is 5. The lowest BCUT2D eigenvalue weighted by Gasteiger charge is -2.23. The highest BCUT2D eigenvalue weighted by Crippen LogP contribution is 2.26. The standard InChI is InChI=1S/C22H28N8S/c1-14(2)16-11-27-30-20(26-13-21-28-17-12-24-8-5-18(17)31-21)9-19(29-22(16)30)25-10-15-3-6-23-7-4-15/h5,8-9,11-12,14-15,23,26H,3-4,6-7,10,13H2,1-2H3,(H,25,29). The highest BCUT2D eigenvalue weighted by Gasteiger charge is 2.16. The Morgan fingerprint density at radius 1 is 1.19 bits per heavy atom. The van der Waals surface area contributed by atoms with E-state index in [-0.39, 0.29) is 0 Å². The molecule has 8 nitrogen and oxygen atoms in total. The molecule has 0 spiro atoms. The van der Waals surface area contributed by atoms with Crippen molar-refractivity contribution in [2.45, 2.75) is 39.2 Å². The van der Waals surface area contributed by atoms with Gasteiger partial charge in [0, 0.05) is 24.4 Å². The average molecular weight is 437 g/mol. The predicted octanol–water partition coefficient (Wildman–Crippen LogP) is 3.88. The number of anilines is 2. The van der Waals surface area contributed by atoms with E-state index < -0.39 is 0 Å². The largest absolute Gasteiger partial charge is 0.370 e. The van der Waals surface area contributed by atoms with E-state index in [0.717, 1.165) is 57.7 Å². The topological polar surface area (TPSA) is 92.1 Å². The molecule has 0 bridgehead atoms. The lowest BCUT2D eigenvalue weighted by Crippen LogP contribution is -2.31. The van der Waals surface area contributed by atoms with Crippen LogP contribution in [0, 0.1) is 5.92 Å². The minimum Gasteiger partial charge on any atom is -0.370 e. The third-order valence-corrected chi connectivity index (χ3v) is 6.84. The number of hydrogen-bond acceptors (Lipinski definition) is 8. The summed E-state index contributed by atoms with van der Waals surface area (Å²) in [6.45, 7) is 8.13. The monoisotopic (exact) mass is 436 g/mol. The maximum absolute atomic E-state index is 4.90. The molecular weight excluding hydrogens is 408 g/mol. The number of rotatable bonds is 7. The van der Waals surface area contributed by atoms with Gasteiger partial charge in [-0.25, -0.2) is 9.97 Å². The number of fused-ring (bicyclic) bond motifs is 2. The van der Waals surface area contributed by atoms with Crippen LogP contribution >= 0.6 is 11.3 Å². The van der Waals surface area contributed by atoms with Gasteiger partial charge in [-0.3, -0.25) is 4.98 Å². The van der Waals surface area contributed by atoms with Crippen molar-refractivity contribution in [3.8, 4) is 0 Å². The Hall–Kier alpha value is -2.78. The summed E-state index contributed by atoms with van der Waals surface area (Å²) >= 11 is 1.68. The molecule has 1 saturated heterocycles. The summed E-state index contributed by atoms with van der Waals surface area (Å²) in [6, 6.07) is 4.06. The Morgan fingerprint density at radius 2 is 2.06 bits per heavy atom. The molecule has 0 atom stereocenters. The number of thiazole rings is 1. The molecule has 0 unspecified atom stereocenters. The lowest BCUT2D eigenvalue weighted by molar-refractivity contribution is 0.389. The smallest absolute Gasteiger partial charge is 0.163 e. The maximum Gasteiger partial charge on any atom is 0.163 e. The number of pyridine rings is 1. The van der Waals surface area contributed by atoms with Crippen LogP contribution in [0.5, 0.6) is 0 Å². The third kappa shape index (κ3) is 4.33. The van der Waals surface area contributed by atoms with E-state index in [2.05, 4.69) is 50.9 Å². The predicted molar refractivity (Wildman–Crippen MR) is 126 cm³/mol. The molecule has 1 fully saturated rings. The van der Waals surface area contributed by atoms with Crippen molar-refractivity contribution in [3.05, 3.63) is 41.3 Å². The zero-order valence-corrected chi connectivity index (χ0v) is 18.7. The average Bonchev–Trinajstić information content (AvgIpc) is 3.40. The molecule has 9 heteroatoms. The summed E-state index contributed by atoms with van der Waals surface area (Å²) in [5.74, 6) is 2.85. The molecule has 5 rings (SSSR count). The first kappa shape index (κ1) is 20.1. The summed E-state index contributed by atoms with van der Waals surface area (Å²) in [5.41, 5.74) is 3.00. The second-order valence-electron chi connectivity index (χ2n) is 8.40. The summed E-state index contributed by atoms with van der Waals surface area (Å²) in [5, 5.41) is 16.2. The minimum atomic E-state index is 0.356. The van der Waals surface area contributed by atoms with Gasteiger partial charge in [0.05, 0.1) is 29.2 Å². The van der Waals surface area contributed by atoms with Crippen molar-refractivity contribution in [1.82, 2.24) is 29.9 Å². The Morgan fingerprint density at radius 3 is 2.87 bits per heavy atom. The molecular formula is C22H28N8S. The molecule has 4 aromatic rings. The van der Waals surface area contributed by atoms with Gasteiger partial charge < -0.3 is 16.0 Å². The van der Waals surface area contributed by atoms with Gasteiger partial charge in [0.2, 0.25) is 0 Å². The van der Waals surface area contributed by atoms with Crippen molar-refractivity contribution in [2.24, 2.45) is 5.92 Å². The van der Waals surface area contributed by atoms with Crippen molar-refractivity contribution in [3.63, 3.8) is 0 Å². The molecule has 5 heterocycles. The lowest BCUT2D eigenvalue weighted by atomic mass is 9.98. The molecule has 3 N–H and O–H groups in total. The highest BCUT2D eigenvalue weighted by atomic mass is 32.1. The summed E-state index contributed by atoms with van der Waals surface area (Å²) < 4.78 is 3.05. The maximum atomic E-state index is 4.90. The fourth-order valence-corrected chi connectivity index (χ4v) is 4.88. The van der Waals surface area contributed by atoms with Crippen molar-refractivity contribution in [2.75, 3.05) is 30.3 Å². The van der Waals surface area contributed by atoms with Crippen LogP contribution < -0.4 is 16.0 Å². The summed E-state index contributed by atoms with van der Waals surface area (Å²) in [6.07, 6.45) is 7.96. The van der Waals surface area contributed by atoms with Gasteiger partial charge in [-0.15, -0.1) is 11.3 Å². The Bertz CT molecular complexity index is 1140. The normalized spacial score (nSPS) is 15.2. The van der Waals surface area contributed by atoms with Crippen LogP contribution in [-0.4, -0.2) is 44.2 Å². The van der Waals surface area contributed by atoms with E-state index >= 15 is 0 Å².